The lowest BCUT2D eigenvalue weighted by Gasteiger charge is -2.26. The van der Waals surface area contributed by atoms with Gasteiger partial charge in [-0.2, -0.15) is 10.1 Å². The summed E-state index contributed by atoms with van der Waals surface area (Å²) in [7, 11) is 0. The molecule has 17 heavy (non-hydrogen) atoms. The van der Waals surface area contributed by atoms with Gasteiger partial charge in [-0.05, 0) is 6.92 Å². The van der Waals surface area contributed by atoms with E-state index in [-0.39, 0.29) is 0 Å². The third kappa shape index (κ3) is 3.50. The highest BCUT2D eigenvalue weighted by molar-refractivity contribution is 5.37. The molecule has 0 amide bonds. The van der Waals surface area contributed by atoms with E-state index in [2.05, 4.69) is 25.4 Å². The Morgan fingerprint density at radius 2 is 2.24 bits per heavy atom. The zero-order chi connectivity index (χ0) is 12.1. The molecule has 2 heterocycles. The third-order valence-electron chi connectivity index (χ3n) is 2.70. The Bertz CT molecular complexity index is 413. The van der Waals surface area contributed by atoms with Gasteiger partial charge in [0.25, 0.3) is 0 Å². The fourth-order valence-corrected chi connectivity index (χ4v) is 1.72. The van der Waals surface area contributed by atoms with Crippen LogP contribution in [0.25, 0.3) is 0 Å². The molecule has 0 unspecified atom stereocenters. The van der Waals surface area contributed by atoms with Crippen LogP contribution < -0.4 is 11.0 Å². The van der Waals surface area contributed by atoms with Crippen LogP contribution in [0.15, 0.2) is 4.79 Å². The van der Waals surface area contributed by atoms with Crippen molar-refractivity contribution < 1.29 is 4.74 Å². The summed E-state index contributed by atoms with van der Waals surface area (Å²) in [4.78, 5) is 17.2. The van der Waals surface area contributed by atoms with Crippen LogP contribution in [-0.4, -0.2) is 59.5 Å². The second kappa shape index (κ2) is 5.74. The van der Waals surface area contributed by atoms with Crippen LogP contribution >= 0.6 is 0 Å². The number of rotatable bonds is 4. The molecule has 2 rings (SSSR count). The highest BCUT2D eigenvalue weighted by atomic mass is 16.5. The van der Waals surface area contributed by atoms with Crippen molar-refractivity contribution in [3.63, 3.8) is 0 Å². The summed E-state index contributed by atoms with van der Waals surface area (Å²) in [5.74, 6) is 0.557. The van der Waals surface area contributed by atoms with Gasteiger partial charge in [0.15, 0.2) is 5.82 Å². The first kappa shape index (κ1) is 12.0. The van der Waals surface area contributed by atoms with Crippen LogP contribution in [0.2, 0.25) is 0 Å². The minimum absolute atomic E-state index is 0.426. The molecule has 1 aliphatic rings. The molecule has 0 atom stereocenters. The number of nitrogens with one attached hydrogen (secondary N) is 2. The van der Waals surface area contributed by atoms with Crippen molar-refractivity contribution in [2.45, 2.75) is 6.92 Å². The van der Waals surface area contributed by atoms with E-state index in [1.54, 1.807) is 6.92 Å². The molecule has 0 saturated carbocycles. The molecule has 1 aliphatic heterocycles. The fraction of sp³-hybridized carbons (Fsp3) is 0.700. The highest BCUT2D eigenvalue weighted by Crippen LogP contribution is 2.03. The SMILES string of the molecule is Cc1n[nH]c(=O)nc1NCCN1CCOCC1. The van der Waals surface area contributed by atoms with E-state index in [4.69, 9.17) is 4.74 Å². The Morgan fingerprint density at radius 3 is 3.00 bits per heavy atom. The van der Waals surface area contributed by atoms with Gasteiger partial charge < -0.3 is 10.1 Å². The number of aryl methyl sites for hydroxylation is 1. The van der Waals surface area contributed by atoms with Gasteiger partial charge in [-0.25, -0.2) is 9.89 Å². The summed E-state index contributed by atoms with van der Waals surface area (Å²) in [5, 5.41) is 9.27. The van der Waals surface area contributed by atoms with E-state index in [9.17, 15) is 4.79 Å². The molecular formula is C10H17N5O2. The Kier molecular flexibility index (Phi) is 4.05. The number of nitrogens with zero attached hydrogens (tertiary/aromatic N) is 3. The molecule has 7 heteroatoms. The zero-order valence-electron chi connectivity index (χ0n) is 9.90. The van der Waals surface area contributed by atoms with E-state index in [0.29, 0.717) is 11.5 Å². The number of aromatic nitrogens is 3. The minimum atomic E-state index is -0.426. The van der Waals surface area contributed by atoms with Gasteiger partial charge >= 0.3 is 5.69 Å². The number of hydrogen-bond donors (Lipinski definition) is 2. The predicted octanol–water partition coefficient (Wildman–Crippen LogP) is -0.783. The Hall–Kier alpha value is -1.47. The van der Waals surface area contributed by atoms with Gasteiger partial charge in [0, 0.05) is 26.2 Å². The summed E-state index contributed by atoms with van der Waals surface area (Å²) in [6, 6.07) is 0. The maximum absolute atomic E-state index is 11.0. The van der Waals surface area contributed by atoms with Crippen molar-refractivity contribution in [1.29, 1.82) is 0 Å². The van der Waals surface area contributed by atoms with Crippen molar-refractivity contribution in [2.75, 3.05) is 44.7 Å². The van der Waals surface area contributed by atoms with Gasteiger partial charge in [0.05, 0.1) is 13.2 Å². The van der Waals surface area contributed by atoms with Crippen molar-refractivity contribution in [3.8, 4) is 0 Å². The summed E-state index contributed by atoms with van der Waals surface area (Å²) < 4.78 is 5.27. The molecule has 1 fully saturated rings. The van der Waals surface area contributed by atoms with Crippen molar-refractivity contribution in [1.82, 2.24) is 20.1 Å². The van der Waals surface area contributed by atoms with Crippen molar-refractivity contribution in [3.05, 3.63) is 16.2 Å². The molecule has 94 valence electrons. The summed E-state index contributed by atoms with van der Waals surface area (Å²) in [5.41, 5.74) is 0.274. The molecule has 0 aromatic carbocycles. The first-order valence-corrected chi connectivity index (χ1v) is 5.73. The lowest BCUT2D eigenvalue weighted by atomic mass is 10.4. The van der Waals surface area contributed by atoms with E-state index >= 15 is 0 Å². The molecule has 7 nitrogen and oxygen atoms in total. The van der Waals surface area contributed by atoms with Crippen LogP contribution in [0.5, 0.6) is 0 Å². The molecule has 2 N–H and O–H groups in total. The van der Waals surface area contributed by atoms with Gasteiger partial charge in [0.1, 0.15) is 5.69 Å². The van der Waals surface area contributed by atoms with E-state index in [0.717, 1.165) is 39.4 Å². The Labute approximate surface area is 99.2 Å². The van der Waals surface area contributed by atoms with E-state index in [1.807, 2.05) is 0 Å². The lowest BCUT2D eigenvalue weighted by molar-refractivity contribution is 0.0398. The number of anilines is 1. The van der Waals surface area contributed by atoms with Crippen molar-refractivity contribution in [2.24, 2.45) is 0 Å². The van der Waals surface area contributed by atoms with Crippen molar-refractivity contribution >= 4 is 5.82 Å². The van der Waals surface area contributed by atoms with Crippen LogP contribution in [0.1, 0.15) is 5.69 Å². The van der Waals surface area contributed by atoms with Crippen LogP contribution in [-0.2, 0) is 4.74 Å². The predicted molar refractivity (Wildman–Crippen MR) is 63.1 cm³/mol. The van der Waals surface area contributed by atoms with Crippen LogP contribution in [0, 0.1) is 6.92 Å². The fourth-order valence-electron chi connectivity index (χ4n) is 1.72. The maximum atomic E-state index is 11.0. The average molecular weight is 239 g/mol. The maximum Gasteiger partial charge on any atom is 0.363 e. The minimum Gasteiger partial charge on any atom is -0.379 e. The number of H-pyrrole nitrogens is 1. The zero-order valence-corrected chi connectivity index (χ0v) is 9.90. The Morgan fingerprint density at radius 1 is 1.47 bits per heavy atom. The van der Waals surface area contributed by atoms with E-state index < -0.39 is 5.69 Å². The Balaban J connectivity index is 1.81. The average Bonchev–Trinajstić information content (AvgIpc) is 2.35. The molecule has 0 spiro atoms. The second-order valence-electron chi connectivity index (χ2n) is 3.96. The number of ether oxygens (including phenoxy) is 1. The first-order valence-electron chi connectivity index (χ1n) is 5.73. The number of aromatic amines is 1. The summed E-state index contributed by atoms with van der Waals surface area (Å²) in [6.45, 7) is 6.98. The molecule has 1 saturated heterocycles. The molecule has 0 bridgehead atoms. The molecule has 1 aromatic heterocycles. The van der Waals surface area contributed by atoms with E-state index in [1.165, 1.54) is 0 Å². The largest absolute Gasteiger partial charge is 0.379 e. The highest BCUT2D eigenvalue weighted by Gasteiger charge is 2.09. The van der Waals surface area contributed by atoms with Gasteiger partial charge in [0.2, 0.25) is 0 Å². The molecular weight excluding hydrogens is 222 g/mol. The number of morpholine rings is 1. The molecule has 1 aromatic rings. The second-order valence-corrected chi connectivity index (χ2v) is 3.96. The van der Waals surface area contributed by atoms with Crippen LogP contribution in [0.4, 0.5) is 5.82 Å². The molecule has 0 aliphatic carbocycles. The standard InChI is InChI=1S/C10H17N5O2/c1-8-9(12-10(16)14-13-8)11-2-3-15-4-6-17-7-5-15/h2-7H2,1H3,(H2,11,12,14,16). The summed E-state index contributed by atoms with van der Waals surface area (Å²) in [6.07, 6.45) is 0. The number of hydrogen-bond acceptors (Lipinski definition) is 6. The van der Waals surface area contributed by atoms with Crippen LogP contribution in [0.3, 0.4) is 0 Å². The van der Waals surface area contributed by atoms with Gasteiger partial charge in [-0.3, -0.25) is 4.90 Å². The lowest BCUT2D eigenvalue weighted by Crippen LogP contribution is -2.39. The first-order chi connectivity index (χ1) is 8.25. The monoisotopic (exact) mass is 239 g/mol. The topological polar surface area (TPSA) is 83.1 Å². The molecule has 0 radical (unpaired) electrons. The summed E-state index contributed by atoms with van der Waals surface area (Å²) >= 11 is 0. The quantitative estimate of drug-likeness (QED) is 0.717. The van der Waals surface area contributed by atoms with Gasteiger partial charge in [-0.1, -0.05) is 0 Å². The smallest absolute Gasteiger partial charge is 0.363 e. The van der Waals surface area contributed by atoms with Gasteiger partial charge in [-0.15, -0.1) is 0 Å². The third-order valence-corrected chi connectivity index (χ3v) is 2.70. The normalized spacial score (nSPS) is 17.0.